The molecule has 0 aliphatic rings. The van der Waals surface area contributed by atoms with E-state index in [4.69, 9.17) is 9.84 Å². The predicted octanol–water partition coefficient (Wildman–Crippen LogP) is 1.56. The zero-order valence-corrected chi connectivity index (χ0v) is 11.0. The maximum absolute atomic E-state index is 13.2. The third-order valence-electron chi connectivity index (χ3n) is 1.98. The molecule has 0 radical (unpaired) electrons. The Hall–Kier alpha value is -1.63. The molecule has 2 N–H and O–H groups in total. The summed E-state index contributed by atoms with van der Waals surface area (Å²) in [6.45, 7) is 0.922. The van der Waals surface area contributed by atoms with Gasteiger partial charge in [-0.15, -0.1) is 0 Å². The van der Waals surface area contributed by atoms with E-state index >= 15 is 0 Å². The van der Waals surface area contributed by atoms with E-state index in [-0.39, 0.29) is 16.8 Å². The summed E-state index contributed by atoms with van der Waals surface area (Å²) in [5.74, 6) is -2.03. The second kappa shape index (κ2) is 6.34. The molecule has 1 atom stereocenters. The standard InChI is InChI=1S/C11H11BrFNO4/c1-6(15)14-10(11(16)17)5-18-7-2-3-8(12)9(13)4-7/h2-4,10H,5H2,1H3,(H,14,15)(H,16,17). The van der Waals surface area contributed by atoms with Crippen molar-refractivity contribution in [3.63, 3.8) is 0 Å². The van der Waals surface area contributed by atoms with Crippen molar-refractivity contribution in [1.29, 1.82) is 0 Å². The minimum atomic E-state index is -1.22. The molecule has 0 aliphatic carbocycles. The van der Waals surface area contributed by atoms with E-state index in [9.17, 15) is 14.0 Å². The van der Waals surface area contributed by atoms with Crippen LogP contribution in [0.1, 0.15) is 6.92 Å². The summed E-state index contributed by atoms with van der Waals surface area (Å²) in [4.78, 5) is 21.6. The SMILES string of the molecule is CC(=O)NC(COc1ccc(Br)c(F)c1)C(=O)O. The highest BCUT2D eigenvalue weighted by molar-refractivity contribution is 9.10. The van der Waals surface area contributed by atoms with Gasteiger partial charge in [0.05, 0.1) is 4.47 Å². The van der Waals surface area contributed by atoms with Gasteiger partial charge in [-0.25, -0.2) is 9.18 Å². The van der Waals surface area contributed by atoms with Crippen LogP contribution in [0.15, 0.2) is 22.7 Å². The molecule has 0 bridgehead atoms. The van der Waals surface area contributed by atoms with Crippen LogP contribution in [0.4, 0.5) is 4.39 Å². The number of carboxylic acid groups (broad SMARTS) is 1. The van der Waals surface area contributed by atoms with Gasteiger partial charge in [0.25, 0.3) is 0 Å². The Balaban J connectivity index is 2.64. The van der Waals surface area contributed by atoms with Crippen LogP contribution < -0.4 is 10.1 Å². The van der Waals surface area contributed by atoms with Crippen molar-refractivity contribution < 1.29 is 23.8 Å². The summed E-state index contributed by atoms with van der Waals surface area (Å²) < 4.78 is 18.6. The van der Waals surface area contributed by atoms with Gasteiger partial charge in [-0.3, -0.25) is 4.79 Å². The highest BCUT2D eigenvalue weighted by Gasteiger charge is 2.19. The minimum absolute atomic E-state index is 0.187. The van der Waals surface area contributed by atoms with Crippen LogP contribution in [0.25, 0.3) is 0 Å². The van der Waals surface area contributed by atoms with Crippen LogP contribution in [0.5, 0.6) is 5.75 Å². The fourth-order valence-corrected chi connectivity index (χ4v) is 1.41. The van der Waals surface area contributed by atoms with E-state index in [0.717, 1.165) is 6.07 Å². The van der Waals surface area contributed by atoms with Crippen molar-refractivity contribution in [2.45, 2.75) is 13.0 Å². The van der Waals surface area contributed by atoms with Crippen molar-refractivity contribution in [1.82, 2.24) is 5.32 Å². The van der Waals surface area contributed by atoms with E-state index < -0.39 is 23.7 Å². The number of aliphatic carboxylic acids is 1. The van der Waals surface area contributed by atoms with Gasteiger partial charge in [0.1, 0.15) is 18.2 Å². The molecule has 0 aliphatic heterocycles. The van der Waals surface area contributed by atoms with Crippen LogP contribution in [-0.2, 0) is 9.59 Å². The summed E-state index contributed by atoms with van der Waals surface area (Å²) in [7, 11) is 0. The predicted molar refractivity (Wildman–Crippen MR) is 64.8 cm³/mol. The van der Waals surface area contributed by atoms with Crippen molar-refractivity contribution >= 4 is 27.8 Å². The molecule has 0 fully saturated rings. The van der Waals surface area contributed by atoms with Crippen molar-refractivity contribution in [3.8, 4) is 5.75 Å². The molecule has 98 valence electrons. The average molecular weight is 320 g/mol. The summed E-state index contributed by atoms with van der Waals surface area (Å²) in [5.41, 5.74) is 0. The minimum Gasteiger partial charge on any atom is -0.491 e. The number of halogens is 2. The number of hydrogen-bond acceptors (Lipinski definition) is 3. The lowest BCUT2D eigenvalue weighted by Gasteiger charge is -2.14. The van der Waals surface area contributed by atoms with Crippen LogP contribution in [-0.4, -0.2) is 29.6 Å². The van der Waals surface area contributed by atoms with Gasteiger partial charge in [-0.2, -0.15) is 0 Å². The van der Waals surface area contributed by atoms with E-state index in [1.807, 2.05) is 0 Å². The first kappa shape index (κ1) is 14.4. The molecular weight excluding hydrogens is 309 g/mol. The smallest absolute Gasteiger partial charge is 0.329 e. The summed E-state index contributed by atoms with van der Waals surface area (Å²) in [6.07, 6.45) is 0. The van der Waals surface area contributed by atoms with Crippen LogP contribution in [0, 0.1) is 5.82 Å². The van der Waals surface area contributed by atoms with E-state index in [1.54, 1.807) is 0 Å². The number of carbonyl (C=O) groups is 2. The normalized spacial score (nSPS) is 11.7. The fourth-order valence-electron chi connectivity index (χ4n) is 1.17. The summed E-state index contributed by atoms with van der Waals surface area (Å²) in [6, 6.07) is 2.88. The van der Waals surface area contributed by atoms with E-state index in [0.29, 0.717) is 0 Å². The molecule has 18 heavy (non-hydrogen) atoms. The zero-order chi connectivity index (χ0) is 13.7. The Labute approximate surface area is 111 Å². The van der Waals surface area contributed by atoms with E-state index in [2.05, 4.69) is 21.2 Å². The van der Waals surface area contributed by atoms with Gasteiger partial charge >= 0.3 is 5.97 Å². The summed E-state index contributed by atoms with van der Waals surface area (Å²) >= 11 is 2.98. The first-order chi connectivity index (χ1) is 8.40. The molecule has 0 aromatic heterocycles. The van der Waals surface area contributed by atoms with Crippen molar-refractivity contribution in [2.24, 2.45) is 0 Å². The number of nitrogens with one attached hydrogen (secondary N) is 1. The molecule has 1 amide bonds. The van der Waals surface area contributed by atoms with Gasteiger partial charge in [0, 0.05) is 13.0 Å². The Morgan fingerprint density at radius 2 is 2.22 bits per heavy atom. The molecule has 0 spiro atoms. The molecule has 0 saturated carbocycles. The number of carbonyl (C=O) groups excluding carboxylic acids is 1. The van der Waals surface area contributed by atoms with Crippen LogP contribution in [0.2, 0.25) is 0 Å². The van der Waals surface area contributed by atoms with Crippen LogP contribution in [0.3, 0.4) is 0 Å². The molecule has 7 heteroatoms. The molecule has 0 saturated heterocycles. The number of hydrogen-bond donors (Lipinski definition) is 2. The molecular formula is C11H11BrFNO4. The van der Waals surface area contributed by atoms with Gasteiger partial charge in [0.15, 0.2) is 6.04 Å². The molecule has 1 aromatic carbocycles. The topological polar surface area (TPSA) is 75.6 Å². The Bertz CT molecular complexity index is 466. The summed E-state index contributed by atoms with van der Waals surface area (Å²) in [5, 5.41) is 11.0. The average Bonchev–Trinajstić information content (AvgIpc) is 2.28. The van der Waals surface area contributed by atoms with Crippen molar-refractivity contribution in [2.75, 3.05) is 6.61 Å². The first-order valence-corrected chi connectivity index (χ1v) is 5.77. The van der Waals surface area contributed by atoms with Crippen LogP contribution >= 0.6 is 15.9 Å². The van der Waals surface area contributed by atoms with Gasteiger partial charge in [-0.1, -0.05) is 0 Å². The maximum Gasteiger partial charge on any atom is 0.329 e. The first-order valence-electron chi connectivity index (χ1n) is 4.98. The fraction of sp³-hybridized carbons (Fsp3) is 0.273. The zero-order valence-electron chi connectivity index (χ0n) is 9.44. The Morgan fingerprint density at radius 1 is 1.56 bits per heavy atom. The highest BCUT2D eigenvalue weighted by atomic mass is 79.9. The molecule has 1 unspecified atom stereocenters. The molecule has 1 rings (SSSR count). The molecule has 5 nitrogen and oxygen atoms in total. The quantitative estimate of drug-likeness (QED) is 0.863. The lowest BCUT2D eigenvalue weighted by Crippen LogP contribution is -2.43. The third-order valence-corrected chi connectivity index (χ3v) is 2.63. The molecule has 1 aromatic rings. The molecule has 0 heterocycles. The maximum atomic E-state index is 13.2. The number of ether oxygens (including phenoxy) is 1. The number of rotatable bonds is 5. The Kier molecular flexibility index (Phi) is 5.08. The van der Waals surface area contributed by atoms with Gasteiger partial charge in [-0.05, 0) is 28.1 Å². The van der Waals surface area contributed by atoms with E-state index in [1.165, 1.54) is 19.1 Å². The number of benzene rings is 1. The Morgan fingerprint density at radius 3 is 2.72 bits per heavy atom. The lowest BCUT2D eigenvalue weighted by molar-refractivity contribution is -0.142. The van der Waals surface area contributed by atoms with Crippen molar-refractivity contribution in [3.05, 3.63) is 28.5 Å². The largest absolute Gasteiger partial charge is 0.491 e. The second-order valence-corrected chi connectivity index (χ2v) is 4.33. The monoisotopic (exact) mass is 319 g/mol. The van der Waals surface area contributed by atoms with Gasteiger partial charge < -0.3 is 15.2 Å². The van der Waals surface area contributed by atoms with Gasteiger partial charge in [0.2, 0.25) is 5.91 Å². The number of amides is 1. The lowest BCUT2D eigenvalue weighted by atomic mass is 10.3. The third kappa shape index (κ3) is 4.33. The number of carboxylic acids is 1. The highest BCUT2D eigenvalue weighted by Crippen LogP contribution is 2.20. The second-order valence-electron chi connectivity index (χ2n) is 3.48.